The van der Waals surface area contributed by atoms with Crippen LogP contribution in [0.25, 0.3) is 0 Å². The van der Waals surface area contributed by atoms with Crippen molar-refractivity contribution in [1.29, 1.82) is 0 Å². The molecule has 0 bridgehead atoms. The minimum Gasteiger partial charge on any atom is -0.427 e. The van der Waals surface area contributed by atoms with Gasteiger partial charge in [0.15, 0.2) is 0 Å². The number of nitrogens with two attached hydrogens (primary N) is 1. The van der Waals surface area contributed by atoms with E-state index in [0.29, 0.717) is 6.32 Å². The third kappa shape index (κ3) is 5.51. The van der Waals surface area contributed by atoms with Crippen LogP contribution >= 0.6 is 0 Å². The predicted molar refractivity (Wildman–Crippen MR) is 60.4 cm³/mol. The molecule has 4 N–H and O–H groups in total. The van der Waals surface area contributed by atoms with Gasteiger partial charge < -0.3 is 20.5 Å². The van der Waals surface area contributed by atoms with Gasteiger partial charge in [0, 0.05) is 12.6 Å². The summed E-state index contributed by atoms with van der Waals surface area (Å²) in [6.07, 6.45) is 6.78. The number of unbranched alkanes of at least 4 members (excludes halogenated alkanes) is 1. The van der Waals surface area contributed by atoms with Crippen molar-refractivity contribution in [2.75, 3.05) is 6.61 Å². The monoisotopic (exact) mass is 215 g/mol. The molecule has 0 aliphatic carbocycles. The zero-order valence-corrected chi connectivity index (χ0v) is 9.27. The van der Waals surface area contributed by atoms with Crippen molar-refractivity contribution in [2.45, 2.75) is 57.0 Å². The SMILES string of the molecule is NC(CCCCB(O)O)C1CCCCO1. The average molecular weight is 215 g/mol. The van der Waals surface area contributed by atoms with E-state index in [4.69, 9.17) is 20.5 Å². The Balaban J connectivity index is 2.04. The van der Waals surface area contributed by atoms with Gasteiger partial charge in [0.1, 0.15) is 0 Å². The van der Waals surface area contributed by atoms with Crippen molar-refractivity contribution in [3.63, 3.8) is 0 Å². The van der Waals surface area contributed by atoms with Crippen LogP contribution in [0, 0.1) is 0 Å². The molecule has 1 fully saturated rings. The fraction of sp³-hybridized carbons (Fsp3) is 1.00. The van der Waals surface area contributed by atoms with Crippen molar-refractivity contribution >= 4 is 7.12 Å². The van der Waals surface area contributed by atoms with E-state index in [1.54, 1.807) is 0 Å². The lowest BCUT2D eigenvalue weighted by molar-refractivity contribution is -0.00138. The summed E-state index contributed by atoms with van der Waals surface area (Å²) in [7, 11) is -1.17. The normalized spacial score (nSPS) is 23.8. The maximum absolute atomic E-state index is 8.67. The molecule has 0 amide bonds. The Bertz CT molecular complexity index is 163. The molecule has 0 aromatic rings. The fourth-order valence-corrected chi connectivity index (χ4v) is 2.00. The van der Waals surface area contributed by atoms with Crippen molar-refractivity contribution < 1.29 is 14.8 Å². The van der Waals surface area contributed by atoms with E-state index in [1.165, 1.54) is 6.42 Å². The summed E-state index contributed by atoms with van der Waals surface area (Å²) < 4.78 is 5.59. The number of hydrogen-bond acceptors (Lipinski definition) is 4. The molecule has 1 aliphatic rings. The average Bonchev–Trinajstić information content (AvgIpc) is 2.25. The predicted octanol–water partition coefficient (Wildman–Crippen LogP) is 0.526. The lowest BCUT2D eigenvalue weighted by Crippen LogP contribution is -2.38. The van der Waals surface area contributed by atoms with E-state index in [-0.39, 0.29) is 12.1 Å². The van der Waals surface area contributed by atoms with Crippen LogP contribution in [0.3, 0.4) is 0 Å². The van der Waals surface area contributed by atoms with E-state index in [0.717, 1.165) is 38.7 Å². The zero-order valence-electron chi connectivity index (χ0n) is 9.27. The smallest absolute Gasteiger partial charge is 0.427 e. The van der Waals surface area contributed by atoms with Crippen LogP contribution in [-0.4, -0.2) is 35.9 Å². The molecule has 1 rings (SSSR count). The summed E-state index contributed by atoms with van der Waals surface area (Å²) in [5.41, 5.74) is 6.02. The maximum Gasteiger partial charge on any atom is 0.451 e. The molecule has 4 nitrogen and oxygen atoms in total. The first kappa shape index (κ1) is 13.0. The molecule has 88 valence electrons. The van der Waals surface area contributed by atoms with Crippen LogP contribution < -0.4 is 5.73 Å². The standard InChI is InChI=1S/C10H22BNO3/c12-9(5-1-3-7-11(13)14)10-6-2-4-8-15-10/h9-10,13-14H,1-8,12H2. The quantitative estimate of drug-likeness (QED) is 0.446. The fourth-order valence-electron chi connectivity index (χ4n) is 2.00. The first-order valence-corrected chi connectivity index (χ1v) is 5.93. The summed E-state index contributed by atoms with van der Waals surface area (Å²) in [5.74, 6) is 0. The van der Waals surface area contributed by atoms with Crippen molar-refractivity contribution in [3.05, 3.63) is 0 Å². The first-order chi connectivity index (χ1) is 7.20. The Morgan fingerprint density at radius 3 is 2.73 bits per heavy atom. The Labute approximate surface area is 92.0 Å². The number of ether oxygens (including phenoxy) is 1. The third-order valence-corrected chi connectivity index (χ3v) is 2.94. The third-order valence-electron chi connectivity index (χ3n) is 2.94. The molecule has 0 radical (unpaired) electrons. The number of rotatable bonds is 6. The molecule has 0 aromatic heterocycles. The van der Waals surface area contributed by atoms with E-state index < -0.39 is 7.12 Å². The van der Waals surface area contributed by atoms with Gasteiger partial charge in [0.05, 0.1) is 6.10 Å². The molecule has 0 aromatic carbocycles. The van der Waals surface area contributed by atoms with Gasteiger partial charge in [-0.3, -0.25) is 0 Å². The Kier molecular flexibility index (Phi) is 6.25. The van der Waals surface area contributed by atoms with E-state index in [9.17, 15) is 0 Å². The highest BCUT2D eigenvalue weighted by molar-refractivity contribution is 6.40. The highest BCUT2D eigenvalue weighted by atomic mass is 16.5. The second kappa shape index (κ2) is 7.22. The van der Waals surface area contributed by atoms with Gasteiger partial charge in [-0.1, -0.05) is 12.8 Å². The minimum atomic E-state index is -1.17. The molecule has 0 saturated carbocycles. The molecule has 15 heavy (non-hydrogen) atoms. The molecule has 2 atom stereocenters. The maximum atomic E-state index is 8.67. The van der Waals surface area contributed by atoms with Crippen molar-refractivity contribution in [1.82, 2.24) is 0 Å². The summed E-state index contributed by atoms with van der Waals surface area (Å²) >= 11 is 0. The zero-order chi connectivity index (χ0) is 11.1. The topological polar surface area (TPSA) is 75.7 Å². The largest absolute Gasteiger partial charge is 0.451 e. The van der Waals surface area contributed by atoms with Crippen LogP contribution in [0.1, 0.15) is 38.5 Å². The van der Waals surface area contributed by atoms with E-state index in [1.807, 2.05) is 0 Å². The van der Waals surface area contributed by atoms with Crippen LogP contribution in [0.15, 0.2) is 0 Å². The Hall–Kier alpha value is -0.0951. The van der Waals surface area contributed by atoms with Gasteiger partial charge in [0.2, 0.25) is 0 Å². The van der Waals surface area contributed by atoms with E-state index in [2.05, 4.69) is 0 Å². The van der Waals surface area contributed by atoms with Crippen LogP contribution in [0.4, 0.5) is 0 Å². The molecule has 1 aliphatic heterocycles. The highest BCUT2D eigenvalue weighted by Gasteiger charge is 2.20. The van der Waals surface area contributed by atoms with Crippen LogP contribution in [0.5, 0.6) is 0 Å². The Morgan fingerprint density at radius 1 is 1.33 bits per heavy atom. The van der Waals surface area contributed by atoms with Gasteiger partial charge >= 0.3 is 7.12 Å². The summed E-state index contributed by atoms with van der Waals surface area (Å²) in [6, 6.07) is 0.112. The first-order valence-electron chi connectivity index (χ1n) is 5.93. The second-order valence-corrected chi connectivity index (χ2v) is 4.33. The lowest BCUT2D eigenvalue weighted by Gasteiger charge is -2.27. The lowest BCUT2D eigenvalue weighted by atomic mass is 9.83. The van der Waals surface area contributed by atoms with Crippen LogP contribution in [0.2, 0.25) is 6.32 Å². The molecule has 5 heteroatoms. The Morgan fingerprint density at radius 2 is 2.13 bits per heavy atom. The molecule has 1 saturated heterocycles. The molecule has 1 heterocycles. The van der Waals surface area contributed by atoms with Crippen LogP contribution in [-0.2, 0) is 4.74 Å². The molecular formula is C10H22BNO3. The van der Waals surface area contributed by atoms with Gasteiger partial charge in [-0.25, -0.2) is 0 Å². The van der Waals surface area contributed by atoms with Gasteiger partial charge in [0.25, 0.3) is 0 Å². The van der Waals surface area contributed by atoms with Gasteiger partial charge in [-0.15, -0.1) is 0 Å². The number of hydrogen-bond donors (Lipinski definition) is 3. The second-order valence-electron chi connectivity index (χ2n) is 4.33. The molecule has 0 spiro atoms. The van der Waals surface area contributed by atoms with Gasteiger partial charge in [-0.2, -0.15) is 0 Å². The van der Waals surface area contributed by atoms with Crippen molar-refractivity contribution in [2.24, 2.45) is 5.73 Å². The summed E-state index contributed by atoms with van der Waals surface area (Å²) in [5, 5.41) is 17.3. The van der Waals surface area contributed by atoms with Crippen molar-refractivity contribution in [3.8, 4) is 0 Å². The highest BCUT2D eigenvalue weighted by Crippen LogP contribution is 2.18. The molecule has 2 unspecified atom stereocenters. The minimum absolute atomic E-state index is 0.112. The molecular weight excluding hydrogens is 193 g/mol. The summed E-state index contributed by atoms with van der Waals surface area (Å²) in [4.78, 5) is 0. The summed E-state index contributed by atoms with van der Waals surface area (Å²) in [6.45, 7) is 0.841. The van der Waals surface area contributed by atoms with Gasteiger partial charge in [-0.05, 0) is 32.0 Å². The van der Waals surface area contributed by atoms with E-state index >= 15 is 0 Å².